The molecule has 0 heterocycles. The van der Waals surface area contributed by atoms with E-state index in [1.54, 1.807) is 12.1 Å². The van der Waals surface area contributed by atoms with Gasteiger partial charge in [0.15, 0.2) is 6.10 Å². The molecule has 0 aliphatic rings. The number of carboxylic acid groups (broad SMARTS) is 1. The fraction of sp³-hybridized carbons (Fsp3) is 0.385. The molecule has 1 rings (SSSR count). The molecule has 0 radical (unpaired) electrons. The van der Waals surface area contributed by atoms with Crippen molar-refractivity contribution in [2.24, 2.45) is 0 Å². The summed E-state index contributed by atoms with van der Waals surface area (Å²) in [6, 6.07) is 7.26. The van der Waals surface area contributed by atoms with Gasteiger partial charge in [-0.05, 0) is 29.5 Å². The van der Waals surface area contributed by atoms with Gasteiger partial charge in [0.2, 0.25) is 0 Å². The molecule has 2 N–H and O–H groups in total. The second-order valence-electron chi connectivity index (χ2n) is 3.74. The van der Waals surface area contributed by atoms with E-state index >= 15 is 0 Å². The number of rotatable bonds is 5. The SMILES string of the molecule is CCc1cccc(C(O)C(=O)O)c1CCC#N. The number of benzene rings is 1. The van der Waals surface area contributed by atoms with E-state index < -0.39 is 12.1 Å². The molecule has 1 unspecified atom stereocenters. The Morgan fingerprint density at radius 1 is 1.53 bits per heavy atom. The van der Waals surface area contributed by atoms with Crippen molar-refractivity contribution in [1.82, 2.24) is 0 Å². The van der Waals surface area contributed by atoms with Crippen molar-refractivity contribution in [3.63, 3.8) is 0 Å². The lowest BCUT2D eigenvalue weighted by Crippen LogP contribution is -2.14. The number of aliphatic carboxylic acids is 1. The van der Waals surface area contributed by atoms with Crippen molar-refractivity contribution in [3.05, 3.63) is 34.9 Å². The van der Waals surface area contributed by atoms with Crippen LogP contribution in [0.15, 0.2) is 18.2 Å². The molecule has 0 bridgehead atoms. The van der Waals surface area contributed by atoms with Crippen LogP contribution in [-0.2, 0) is 17.6 Å². The van der Waals surface area contributed by atoms with Crippen LogP contribution in [0.3, 0.4) is 0 Å². The summed E-state index contributed by atoms with van der Waals surface area (Å²) >= 11 is 0. The van der Waals surface area contributed by atoms with Gasteiger partial charge in [0.25, 0.3) is 0 Å². The zero-order chi connectivity index (χ0) is 12.8. The van der Waals surface area contributed by atoms with Crippen molar-refractivity contribution in [2.45, 2.75) is 32.3 Å². The van der Waals surface area contributed by atoms with Crippen molar-refractivity contribution in [2.75, 3.05) is 0 Å². The molecule has 0 aromatic heterocycles. The zero-order valence-corrected chi connectivity index (χ0v) is 9.68. The van der Waals surface area contributed by atoms with Crippen LogP contribution in [0.1, 0.15) is 36.1 Å². The number of aryl methyl sites for hydroxylation is 1. The van der Waals surface area contributed by atoms with E-state index in [0.29, 0.717) is 18.4 Å². The summed E-state index contributed by atoms with van der Waals surface area (Å²) < 4.78 is 0. The van der Waals surface area contributed by atoms with Gasteiger partial charge in [0, 0.05) is 6.42 Å². The first-order valence-electron chi connectivity index (χ1n) is 5.50. The number of aliphatic hydroxyl groups excluding tert-OH is 1. The van der Waals surface area contributed by atoms with Gasteiger partial charge in [-0.1, -0.05) is 25.1 Å². The van der Waals surface area contributed by atoms with Gasteiger partial charge < -0.3 is 10.2 Å². The first-order valence-corrected chi connectivity index (χ1v) is 5.50. The summed E-state index contributed by atoms with van der Waals surface area (Å²) in [5, 5.41) is 27.1. The summed E-state index contributed by atoms with van der Waals surface area (Å²) in [7, 11) is 0. The van der Waals surface area contributed by atoms with E-state index in [0.717, 1.165) is 17.5 Å². The molecule has 0 saturated heterocycles. The Balaban J connectivity index is 3.19. The van der Waals surface area contributed by atoms with Crippen LogP contribution in [0.4, 0.5) is 0 Å². The Kier molecular flexibility index (Phi) is 4.68. The van der Waals surface area contributed by atoms with Gasteiger partial charge in [-0.15, -0.1) is 0 Å². The zero-order valence-electron chi connectivity index (χ0n) is 9.68. The maximum atomic E-state index is 10.8. The Hall–Kier alpha value is -1.86. The van der Waals surface area contributed by atoms with E-state index in [1.165, 1.54) is 0 Å². The molecular weight excluding hydrogens is 218 g/mol. The minimum absolute atomic E-state index is 0.316. The molecule has 1 aromatic rings. The highest BCUT2D eigenvalue weighted by Gasteiger charge is 2.20. The number of hydrogen-bond donors (Lipinski definition) is 2. The second kappa shape index (κ2) is 6.02. The third-order valence-electron chi connectivity index (χ3n) is 2.71. The Labute approximate surface area is 100 Å². The topological polar surface area (TPSA) is 81.3 Å². The molecule has 0 amide bonds. The molecule has 90 valence electrons. The summed E-state index contributed by atoms with van der Waals surface area (Å²) in [6.45, 7) is 1.96. The van der Waals surface area contributed by atoms with Crippen LogP contribution in [0, 0.1) is 11.3 Å². The van der Waals surface area contributed by atoms with Crippen LogP contribution in [0.2, 0.25) is 0 Å². The third kappa shape index (κ3) is 3.05. The van der Waals surface area contributed by atoms with Crippen LogP contribution in [-0.4, -0.2) is 16.2 Å². The number of nitriles is 1. The quantitative estimate of drug-likeness (QED) is 0.812. The van der Waals surface area contributed by atoms with E-state index in [-0.39, 0.29) is 0 Å². The lowest BCUT2D eigenvalue weighted by Gasteiger charge is -2.15. The lowest BCUT2D eigenvalue weighted by atomic mass is 9.92. The Morgan fingerprint density at radius 2 is 2.24 bits per heavy atom. The van der Waals surface area contributed by atoms with Crippen molar-refractivity contribution >= 4 is 5.97 Å². The van der Waals surface area contributed by atoms with Gasteiger partial charge in [0.05, 0.1) is 6.07 Å². The van der Waals surface area contributed by atoms with E-state index in [9.17, 15) is 9.90 Å². The predicted molar refractivity (Wildman–Crippen MR) is 62.3 cm³/mol. The van der Waals surface area contributed by atoms with Crippen LogP contribution in [0.25, 0.3) is 0 Å². The number of aliphatic hydroxyl groups is 1. The van der Waals surface area contributed by atoms with Crippen molar-refractivity contribution in [3.8, 4) is 6.07 Å². The maximum absolute atomic E-state index is 10.8. The smallest absolute Gasteiger partial charge is 0.337 e. The van der Waals surface area contributed by atoms with Gasteiger partial charge in [-0.25, -0.2) is 4.79 Å². The molecule has 0 spiro atoms. The van der Waals surface area contributed by atoms with Gasteiger partial charge in [-0.2, -0.15) is 5.26 Å². The average Bonchev–Trinajstić information content (AvgIpc) is 2.34. The third-order valence-corrected chi connectivity index (χ3v) is 2.71. The van der Waals surface area contributed by atoms with Gasteiger partial charge in [-0.3, -0.25) is 0 Å². The van der Waals surface area contributed by atoms with Crippen LogP contribution >= 0.6 is 0 Å². The normalized spacial score (nSPS) is 11.8. The second-order valence-corrected chi connectivity index (χ2v) is 3.74. The van der Waals surface area contributed by atoms with E-state index in [4.69, 9.17) is 10.4 Å². The molecule has 0 fully saturated rings. The highest BCUT2D eigenvalue weighted by atomic mass is 16.4. The molecule has 4 heteroatoms. The maximum Gasteiger partial charge on any atom is 0.337 e. The standard InChI is InChI=1S/C13H15NO3/c1-2-9-5-3-6-11(12(15)13(16)17)10(9)7-4-8-14/h3,5-6,12,15H,2,4,7H2,1H3,(H,16,17). The van der Waals surface area contributed by atoms with Gasteiger partial charge in [0.1, 0.15) is 0 Å². The average molecular weight is 233 g/mol. The summed E-state index contributed by atoms with van der Waals surface area (Å²) in [5.41, 5.74) is 2.16. The van der Waals surface area contributed by atoms with Crippen LogP contribution < -0.4 is 0 Å². The van der Waals surface area contributed by atoms with Crippen molar-refractivity contribution in [1.29, 1.82) is 5.26 Å². The monoisotopic (exact) mass is 233 g/mol. The fourth-order valence-corrected chi connectivity index (χ4v) is 1.86. The van der Waals surface area contributed by atoms with E-state index in [2.05, 4.69) is 0 Å². The van der Waals surface area contributed by atoms with Crippen molar-refractivity contribution < 1.29 is 15.0 Å². The largest absolute Gasteiger partial charge is 0.479 e. The first kappa shape index (κ1) is 13.2. The van der Waals surface area contributed by atoms with Crippen LogP contribution in [0.5, 0.6) is 0 Å². The lowest BCUT2D eigenvalue weighted by molar-refractivity contribution is -0.147. The number of hydrogen-bond acceptors (Lipinski definition) is 3. The highest BCUT2D eigenvalue weighted by Crippen LogP contribution is 2.23. The molecule has 17 heavy (non-hydrogen) atoms. The van der Waals surface area contributed by atoms with E-state index in [1.807, 2.05) is 19.1 Å². The molecule has 0 aliphatic heterocycles. The number of carbonyl (C=O) groups is 1. The molecule has 0 aliphatic carbocycles. The summed E-state index contributed by atoms with van der Waals surface area (Å²) in [5.74, 6) is -1.27. The Morgan fingerprint density at radius 3 is 2.76 bits per heavy atom. The molecule has 4 nitrogen and oxygen atoms in total. The summed E-state index contributed by atoms with van der Waals surface area (Å²) in [6.07, 6.45) is 0.0208. The summed E-state index contributed by atoms with van der Waals surface area (Å²) in [4.78, 5) is 10.8. The fourth-order valence-electron chi connectivity index (χ4n) is 1.86. The Bertz CT molecular complexity index is 448. The molecule has 1 atom stereocenters. The number of nitrogens with zero attached hydrogens (tertiary/aromatic N) is 1. The first-order chi connectivity index (χ1) is 8.11. The highest BCUT2D eigenvalue weighted by molar-refractivity contribution is 5.74. The number of carboxylic acids is 1. The predicted octanol–water partition coefficient (Wildman–Crippen LogP) is 1.82. The minimum atomic E-state index is -1.52. The molecule has 0 saturated carbocycles. The molecule has 1 aromatic carbocycles. The minimum Gasteiger partial charge on any atom is -0.479 e. The molecular formula is C13H15NO3. The van der Waals surface area contributed by atoms with Gasteiger partial charge >= 0.3 is 5.97 Å².